The number of aryl methyl sites for hydroxylation is 1. The summed E-state index contributed by atoms with van der Waals surface area (Å²) in [6.07, 6.45) is 7.83. The third kappa shape index (κ3) is 4.91. The maximum absolute atomic E-state index is 12.4. The summed E-state index contributed by atoms with van der Waals surface area (Å²) in [6.45, 7) is 5.39. The molecule has 5 nitrogen and oxygen atoms in total. The van der Waals surface area contributed by atoms with E-state index in [1.807, 2.05) is 0 Å². The smallest absolute Gasteiger partial charge is 0.220 e. The van der Waals surface area contributed by atoms with Crippen molar-refractivity contribution in [1.82, 2.24) is 20.1 Å². The molecule has 1 amide bonds. The first kappa shape index (κ1) is 17.6. The summed E-state index contributed by atoms with van der Waals surface area (Å²) in [7, 11) is 0. The summed E-state index contributed by atoms with van der Waals surface area (Å²) >= 11 is 0. The second-order valence-electron chi connectivity index (χ2n) is 7.86. The van der Waals surface area contributed by atoms with Crippen molar-refractivity contribution in [3.8, 4) is 0 Å². The van der Waals surface area contributed by atoms with Gasteiger partial charge in [-0.3, -0.25) is 9.48 Å². The average molecular weight is 340 g/mol. The lowest BCUT2D eigenvalue weighted by atomic mass is 9.68. The van der Waals surface area contributed by atoms with E-state index in [1.54, 1.807) is 11.0 Å². The van der Waals surface area contributed by atoms with E-state index in [0.29, 0.717) is 17.8 Å². The molecule has 25 heavy (non-hydrogen) atoms. The van der Waals surface area contributed by atoms with Gasteiger partial charge in [0.2, 0.25) is 5.91 Å². The largest absolute Gasteiger partial charge is 0.353 e. The molecule has 134 valence electrons. The van der Waals surface area contributed by atoms with Gasteiger partial charge in [0.05, 0.1) is 0 Å². The lowest BCUT2D eigenvalue weighted by Crippen LogP contribution is -2.44. The summed E-state index contributed by atoms with van der Waals surface area (Å²) in [5.74, 6) is 0.537. The van der Waals surface area contributed by atoms with Gasteiger partial charge in [0.1, 0.15) is 12.7 Å². The highest BCUT2D eigenvalue weighted by Crippen LogP contribution is 2.43. The van der Waals surface area contributed by atoms with Crippen LogP contribution in [0.1, 0.15) is 57.4 Å². The molecule has 1 aromatic heterocycles. The van der Waals surface area contributed by atoms with E-state index in [2.05, 4.69) is 59.6 Å². The summed E-state index contributed by atoms with van der Waals surface area (Å²) in [4.78, 5) is 16.3. The van der Waals surface area contributed by atoms with Crippen LogP contribution < -0.4 is 5.32 Å². The SMILES string of the molecule is CC1(C)CCC(NC(=O)CCCn2cncn2)C(c2ccccc2)C1. The second-order valence-corrected chi connectivity index (χ2v) is 7.86. The Morgan fingerprint density at radius 3 is 2.84 bits per heavy atom. The molecule has 0 saturated heterocycles. The van der Waals surface area contributed by atoms with Crippen LogP contribution in [0.3, 0.4) is 0 Å². The fourth-order valence-corrected chi connectivity index (χ4v) is 3.84. The van der Waals surface area contributed by atoms with Gasteiger partial charge in [-0.15, -0.1) is 0 Å². The van der Waals surface area contributed by atoms with E-state index in [4.69, 9.17) is 0 Å². The number of aromatic nitrogens is 3. The maximum Gasteiger partial charge on any atom is 0.220 e. The standard InChI is InChI=1S/C20H28N4O/c1-20(2)11-10-18(17(13-20)16-7-4-3-5-8-16)23-19(25)9-6-12-24-15-21-14-22-24/h3-5,7-8,14-15,17-18H,6,9-13H2,1-2H3,(H,23,25). The van der Waals surface area contributed by atoms with Crippen LogP contribution >= 0.6 is 0 Å². The summed E-state index contributed by atoms with van der Waals surface area (Å²) in [5.41, 5.74) is 1.66. The van der Waals surface area contributed by atoms with Gasteiger partial charge in [-0.25, -0.2) is 4.98 Å². The molecule has 1 N–H and O–H groups in total. The number of benzene rings is 1. The Morgan fingerprint density at radius 1 is 1.32 bits per heavy atom. The van der Waals surface area contributed by atoms with Crippen LogP contribution in [-0.4, -0.2) is 26.7 Å². The topological polar surface area (TPSA) is 59.8 Å². The third-order valence-corrected chi connectivity index (χ3v) is 5.22. The Bertz CT molecular complexity index is 666. The van der Waals surface area contributed by atoms with Crippen LogP contribution in [0, 0.1) is 5.41 Å². The number of rotatable bonds is 6. The van der Waals surface area contributed by atoms with Gasteiger partial charge >= 0.3 is 0 Å². The Balaban J connectivity index is 1.58. The molecule has 5 heteroatoms. The van der Waals surface area contributed by atoms with Gasteiger partial charge in [-0.05, 0) is 36.7 Å². The molecule has 0 aliphatic heterocycles. The number of nitrogens with one attached hydrogen (secondary N) is 1. The van der Waals surface area contributed by atoms with Gasteiger partial charge < -0.3 is 5.32 Å². The van der Waals surface area contributed by atoms with Gasteiger partial charge in [0, 0.05) is 24.9 Å². The van der Waals surface area contributed by atoms with E-state index >= 15 is 0 Å². The molecule has 1 fully saturated rings. The van der Waals surface area contributed by atoms with Crippen molar-refractivity contribution < 1.29 is 4.79 Å². The first-order valence-electron chi connectivity index (χ1n) is 9.20. The van der Waals surface area contributed by atoms with Crippen LogP contribution in [0.4, 0.5) is 0 Å². The molecule has 1 saturated carbocycles. The highest BCUT2D eigenvalue weighted by atomic mass is 16.1. The van der Waals surface area contributed by atoms with E-state index in [1.165, 1.54) is 11.9 Å². The maximum atomic E-state index is 12.4. The molecule has 0 spiro atoms. The highest BCUT2D eigenvalue weighted by molar-refractivity contribution is 5.76. The van der Waals surface area contributed by atoms with E-state index in [0.717, 1.165) is 32.2 Å². The van der Waals surface area contributed by atoms with E-state index in [-0.39, 0.29) is 11.9 Å². The minimum Gasteiger partial charge on any atom is -0.353 e. The summed E-state index contributed by atoms with van der Waals surface area (Å²) < 4.78 is 1.77. The van der Waals surface area contributed by atoms with Crippen molar-refractivity contribution in [2.24, 2.45) is 5.41 Å². The van der Waals surface area contributed by atoms with Crippen molar-refractivity contribution in [1.29, 1.82) is 0 Å². The quantitative estimate of drug-likeness (QED) is 0.875. The molecule has 0 radical (unpaired) electrons. The van der Waals surface area contributed by atoms with Gasteiger partial charge in [-0.2, -0.15) is 5.10 Å². The molecule has 0 bridgehead atoms. The van der Waals surface area contributed by atoms with Crippen LogP contribution in [-0.2, 0) is 11.3 Å². The predicted molar refractivity (Wildman–Crippen MR) is 98.0 cm³/mol. The van der Waals surface area contributed by atoms with Crippen LogP contribution in [0.2, 0.25) is 0 Å². The van der Waals surface area contributed by atoms with E-state index in [9.17, 15) is 4.79 Å². The van der Waals surface area contributed by atoms with Crippen LogP contribution in [0.15, 0.2) is 43.0 Å². The fraction of sp³-hybridized carbons (Fsp3) is 0.550. The third-order valence-electron chi connectivity index (χ3n) is 5.22. The Kier molecular flexibility index (Phi) is 5.51. The zero-order valence-electron chi connectivity index (χ0n) is 15.2. The summed E-state index contributed by atoms with van der Waals surface area (Å²) in [6, 6.07) is 10.8. The molecule has 1 aromatic carbocycles. The van der Waals surface area contributed by atoms with Crippen molar-refractivity contribution in [3.63, 3.8) is 0 Å². The molecular formula is C20H28N4O. The molecule has 2 aromatic rings. The zero-order chi connectivity index (χ0) is 17.7. The fourth-order valence-electron chi connectivity index (χ4n) is 3.84. The number of carbonyl (C=O) groups is 1. The van der Waals surface area contributed by atoms with Crippen molar-refractivity contribution in [2.75, 3.05) is 0 Å². The number of hydrogen-bond acceptors (Lipinski definition) is 3. The molecular weight excluding hydrogens is 312 g/mol. The van der Waals surface area contributed by atoms with Crippen LogP contribution in [0.5, 0.6) is 0 Å². The Morgan fingerprint density at radius 2 is 2.12 bits per heavy atom. The number of carbonyl (C=O) groups excluding carboxylic acids is 1. The zero-order valence-corrected chi connectivity index (χ0v) is 15.2. The molecule has 1 heterocycles. The van der Waals surface area contributed by atoms with Crippen molar-refractivity contribution in [2.45, 2.75) is 64.5 Å². The number of nitrogens with zero attached hydrogens (tertiary/aromatic N) is 3. The Labute approximate surface area is 149 Å². The predicted octanol–water partition coefficient (Wildman–Crippen LogP) is 3.54. The molecule has 1 aliphatic rings. The van der Waals surface area contributed by atoms with Crippen molar-refractivity contribution >= 4 is 5.91 Å². The highest BCUT2D eigenvalue weighted by Gasteiger charge is 2.36. The number of amides is 1. The first-order valence-corrected chi connectivity index (χ1v) is 9.20. The average Bonchev–Trinajstić information content (AvgIpc) is 3.10. The molecule has 1 aliphatic carbocycles. The minimum atomic E-state index is 0.144. The van der Waals surface area contributed by atoms with Gasteiger partial charge in [0.15, 0.2) is 0 Å². The normalized spacial score (nSPS) is 22.5. The first-order chi connectivity index (χ1) is 12.0. The lowest BCUT2D eigenvalue weighted by molar-refractivity contribution is -0.122. The van der Waals surface area contributed by atoms with Crippen molar-refractivity contribution in [3.05, 3.63) is 48.5 Å². The second kappa shape index (κ2) is 7.81. The minimum absolute atomic E-state index is 0.144. The molecule has 2 atom stereocenters. The molecule has 2 unspecified atom stereocenters. The Hall–Kier alpha value is -2.17. The number of hydrogen-bond donors (Lipinski definition) is 1. The molecule has 3 rings (SSSR count). The van der Waals surface area contributed by atoms with Gasteiger partial charge in [-0.1, -0.05) is 44.2 Å². The van der Waals surface area contributed by atoms with Crippen LogP contribution in [0.25, 0.3) is 0 Å². The van der Waals surface area contributed by atoms with Gasteiger partial charge in [0.25, 0.3) is 0 Å². The lowest BCUT2D eigenvalue weighted by Gasteiger charge is -2.41. The monoisotopic (exact) mass is 340 g/mol. The summed E-state index contributed by atoms with van der Waals surface area (Å²) in [5, 5.41) is 7.37. The van der Waals surface area contributed by atoms with E-state index < -0.39 is 0 Å².